The molecule has 2 amide bonds. The van der Waals surface area contributed by atoms with Gasteiger partial charge in [-0.2, -0.15) is 5.26 Å². The number of anilines is 1. The first kappa shape index (κ1) is 12.4. The molecule has 5 nitrogen and oxygen atoms in total. The molecule has 0 radical (unpaired) electrons. The molecule has 18 heavy (non-hydrogen) atoms. The van der Waals surface area contributed by atoms with E-state index >= 15 is 0 Å². The van der Waals surface area contributed by atoms with Crippen LogP contribution >= 0.6 is 0 Å². The zero-order valence-electron chi connectivity index (χ0n) is 10.2. The minimum absolute atomic E-state index is 0.192. The molecule has 1 unspecified atom stereocenters. The van der Waals surface area contributed by atoms with Gasteiger partial charge in [0.25, 0.3) is 0 Å². The fourth-order valence-electron chi connectivity index (χ4n) is 1.75. The third-order valence-corrected chi connectivity index (χ3v) is 2.80. The molecule has 1 fully saturated rings. The molecule has 0 spiro atoms. The molecule has 0 bridgehead atoms. The molecule has 1 aromatic rings. The number of ether oxygens (including phenoxy) is 1. The predicted molar refractivity (Wildman–Crippen MR) is 67.1 cm³/mol. The Balaban J connectivity index is 1.95. The number of nitrogens with one attached hydrogen (secondary N) is 1. The Kier molecular flexibility index (Phi) is 3.80. The van der Waals surface area contributed by atoms with E-state index in [0.29, 0.717) is 19.7 Å². The van der Waals surface area contributed by atoms with Gasteiger partial charge in [-0.05, 0) is 19.1 Å². The van der Waals surface area contributed by atoms with Crippen molar-refractivity contribution in [1.29, 1.82) is 5.26 Å². The zero-order chi connectivity index (χ0) is 13.0. The monoisotopic (exact) mass is 245 g/mol. The number of rotatable bonds is 1. The lowest BCUT2D eigenvalue weighted by Crippen LogP contribution is -2.46. The van der Waals surface area contributed by atoms with E-state index in [0.717, 1.165) is 11.3 Å². The van der Waals surface area contributed by atoms with Crippen LogP contribution in [0.4, 0.5) is 10.5 Å². The van der Waals surface area contributed by atoms with E-state index in [2.05, 4.69) is 5.32 Å². The van der Waals surface area contributed by atoms with Crippen molar-refractivity contribution < 1.29 is 9.53 Å². The lowest BCUT2D eigenvalue weighted by atomic mass is 10.2. The SMILES string of the molecule is Cc1ccc(NC(=O)N2CCOC(C#N)C2)cc1. The van der Waals surface area contributed by atoms with Crippen molar-refractivity contribution in [3.63, 3.8) is 0 Å². The van der Waals surface area contributed by atoms with Crippen LogP contribution in [-0.2, 0) is 4.74 Å². The maximum Gasteiger partial charge on any atom is 0.322 e. The molecule has 2 rings (SSSR count). The highest BCUT2D eigenvalue weighted by Crippen LogP contribution is 2.11. The van der Waals surface area contributed by atoms with Gasteiger partial charge in [-0.1, -0.05) is 17.7 Å². The van der Waals surface area contributed by atoms with Gasteiger partial charge in [0.1, 0.15) is 0 Å². The molecule has 94 valence electrons. The second-order valence-electron chi connectivity index (χ2n) is 4.23. The van der Waals surface area contributed by atoms with Gasteiger partial charge < -0.3 is 15.0 Å². The van der Waals surface area contributed by atoms with Gasteiger partial charge in [0.15, 0.2) is 6.10 Å². The quantitative estimate of drug-likeness (QED) is 0.819. The number of amides is 2. The Morgan fingerprint density at radius 1 is 1.50 bits per heavy atom. The second-order valence-corrected chi connectivity index (χ2v) is 4.23. The molecule has 0 aliphatic carbocycles. The normalized spacial score (nSPS) is 19.1. The smallest absolute Gasteiger partial charge is 0.322 e. The Morgan fingerprint density at radius 2 is 2.22 bits per heavy atom. The number of hydrogen-bond acceptors (Lipinski definition) is 3. The number of benzene rings is 1. The van der Waals surface area contributed by atoms with E-state index in [1.54, 1.807) is 4.90 Å². The van der Waals surface area contributed by atoms with Crippen LogP contribution in [0.1, 0.15) is 5.56 Å². The van der Waals surface area contributed by atoms with Crippen LogP contribution in [0.5, 0.6) is 0 Å². The van der Waals surface area contributed by atoms with Gasteiger partial charge >= 0.3 is 6.03 Å². The van der Waals surface area contributed by atoms with Gasteiger partial charge in [0.2, 0.25) is 0 Å². The summed E-state index contributed by atoms with van der Waals surface area (Å²) in [5.74, 6) is 0. The van der Waals surface area contributed by atoms with Crippen LogP contribution in [0.2, 0.25) is 0 Å². The topological polar surface area (TPSA) is 65.4 Å². The average Bonchev–Trinajstić information content (AvgIpc) is 2.41. The van der Waals surface area contributed by atoms with Crippen LogP contribution in [-0.4, -0.2) is 36.7 Å². The number of nitriles is 1. The lowest BCUT2D eigenvalue weighted by molar-refractivity contribution is 0.0181. The van der Waals surface area contributed by atoms with Crippen molar-refractivity contribution in [3.05, 3.63) is 29.8 Å². The fourth-order valence-corrected chi connectivity index (χ4v) is 1.75. The van der Waals surface area contributed by atoms with E-state index in [1.807, 2.05) is 37.3 Å². The Labute approximate surface area is 106 Å². The van der Waals surface area contributed by atoms with Crippen molar-refractivity contribution in [2.24, 2.45) is 0 Å². The number of carbonyl (C=O) groups excluding carboxylic acids is 1. The summed E-state index contributed by atoms with van der Waals surface area (Å²) >= 11 is 0. The van der Waals surface area contributed by atoms with E-state index in [1.165, 1.54) is 0 Å². The first-order chi connectivity index (χ1) is 8.69. The summed E-state index contributed by atoms with van der Waals surface area (Å²) in [6.07, 6.45) is -0.525. The molecular weight excluding hydrogens is 230 g/mol. The Morgan fingerprint density at radius 3 is 2.89 bits per heavy atom. The van der Waals surface area contributed by atoms with E-state index in [-0.39, 0.29) is 6.03 Å². The van der Waals surface area contributed by atoms with Crippen LogP contribution in [0.15, 0.2) is 24.3 Å². The summed E-state index contributed by atoms with van der Waals surface area (Å²) < 4.78 is 5.19. The van der Waals surface area contributed by atoms with Crippen LogP contribution in [0.25, 0.3) is 0 Å². The molecule has 0 aromatic heterocycles. The summed E-state index contributed by atoms with van der Waals surface area (Å²) in [5, 5.41) is 11.6. The molecule has 1 atom stereocenters. The maximum absolute atomic E-state index is 12.0. The van der Waals surface area contributed by atoms with Crippen LogP contribution in [0, 0.1) is 18.3 Å². The highest BCUT2D eigenvalue weighted by atomic mass is 16.5. The standard InChI is InChI=1S/C13H15N3O2/c1-10-2-4-11(5-3-10)15-13(17)16-6-7-18-12(8-14)9-16/h2-5,12H,6-7,9H2,1H3,(H,15,17). The third kappa shape index (κ3) is 2.99. The van der Waals surface area contributed by atoms with Gasteiger partial charge in [-0.3, -0.25) is 0 Å². The number of nitrogens with zero attached hydrogens (tertiary/aromatic N) is 2. The van der Waals surface area contributed by atoms with Crippen LogP contribution in [0.3, 0.4) is 0 Å². The highest BCUT2D eigenvalue weighted by molar-refractivity contribution is 5.89. The fraction of sp³-hybridized carbons (Fsp3) is 0.385. The third-order valence-electron chi connectivity index (χ3n) is 2.80. The van der Waals surface area contributed by atoms with Gasteiger partial charge in [-0.25, -0.2) is 4.79 Å². The Hall–Kier alpha value is -2.06. The van der Waals surface area contributed by atoms with Crippen molar-refractivity contribution in [2.75, 3.05) is 25.0 Å². The minimum Gasteiger partial charge on any atom is -0.360 e. The lowest BCUT2D eigenvalue weighted by Gasteiger charge is -2.29. The van der Waals surface area contributed by atoms with Crippen molar-refractivity contribution >= 4 is 11.7 Å². The first-order valence-corrected chi connectivity index (χ1v) is 5.83. The molecule has 1 aliphatic heterocycles. The molecule has 5 heteroatoms. The summed E-state index contributed by atoms with van der Waals surface area (Å²) in [6, 6.07) is 9.41. The minimum atomic E-state index is -0.525. The zero-order valence-corrected chi connectivity index (χ0v) is 10.2. The van der Waals surface area contributed by atoms with Crippen molar-refractivity contribution in [1.82, 2.24) is 4.90 Å². The molecule has 1 N–H and O–H groups in total. The molecule has 1 heterocycles. The number of morpholine rings is 1. The van der Waals surface area contributed by atoms with E-state index < -0.39 is 6.10 Å². The summed E-state index contributed by atoms with van der Waals surface area (Å²) in [4.78, 5) is 13.6. The molecular formula is C13H15N3O2. The van der Waals surface area contributed by atoms with E-state index in [9.17, 15) is 4.79 Å². The second kappa shape index (κ2) is 5.52. The number of urea groups is 1. The number of aryl methyl sites for hydroxylation is 1. The summed E-state index contributed by atoms with van der Waals surface area (Å²) in [7, 11) is 0. The van der Waals surface area contributed by atoms with Gasteiger partial charge in [0.05, 0.1) is 19.2 Å². The highest BCUT2D eigenvalue weighted by Gasteiger charge is 2.23. The molecule has 0 saturated carbocycles. The summed E-state index contributed by atoms with van der Waals surface area (Å²) in [6.45, 7) is 3.22. The number of hydrogen-bond donors (Lipinski definition) is 1. The first-order valence-electron chi connectivity index (χ1n) is 5.83. The summed E-state index contributed by atoms with van der Waals surface area (Å²) in [5.41, 5.74) is 1.90. The maximum atomic E-state index is 12.0. The molecule has 1 saturated heterocycles. The van der Waals surface area contributed by atoms with Crippen molar-refractivity contribution in [2.45, 2.75) is 13.0 Å². The van der Waals surface area contributed by atoms with E-state index in [4.69, 9.17) is 10.00 Å². The predicted octanol–water partition coefficient (Wildman–Crippen LogP) is 1.75. The van der Waals surface area contributed by atoms with Gasteiger partial charge in [0, 0.05) is 12.2 Å². The molecule has 1 aromatic carbocycles. The van der Waals surface area contributed by atoms with Crippen LogP contribution < -0.4 is 5.32 Å². The molecule has 1 aliphatic rings. The largest absolute Gasteiger partial charge is 0.360 e. The number of carbonyl (C=O) groups is 1. The Bertz CT molecular complexity index is 464. The van der Waals surface area contributed by atoms with Gasteiger partial charge in [-0.15, -0.1) is 0 Å². The average molecular weight is 245 g/mol. The van der Waals surface area contributed by atoms with Crippen molar-refractivity contribution in [3.8, 4) is 6.07 Å².